The molecule has 0 bridgehead atoms. The highest BCUT2D eigenvalue weighted by molar-refractivity contribution is 5.95. The van der Waals surface area contributed by atoms with Crippen molar-refractivity contribution >= 4 is 22.7 Å². The average Bonchev–Trinajstić information content (AvgIpc) is 2.83. The minimum atomic E-state index is -0.936. The fourth-order valence-electron chi connectivity index (χ4n) is 3.05. The molecule has 3 rings (SSSR count). The summed E-state index contributed by atoms with van der Waals surface area (Å²) in [6, 6.07) is 11.2. The molecule has 0 spiro atoms. The molecule has 7 heteroatoms. The summed E-state index contributed by atoms with van der Waals surface area (Å²) in [5.41, 5.74) is 5.51. The Morgan fingerprint density at radius 1 is 1.32 bits per heavy atom. The third-order valence-corrected chi connectivity index (χ3v) is 4.38. The fraction of sp³-hybridized carbons (Fsp3) is 0.389. The zero-order chi connectivity index (χ0) is 17.9. The van der Waals surface area contributed by atoms with E-state index in [1.807, 2.05) is 30.3 Å². The number of methoxy groups -OCH3 is 1. The van der Waals surface area contributed by atoms with Gasteiger partial charge in [0.15, 0.2) is 0 Å². The molecule has 2 amide bonds. The van der Waals surface area contributed by atoms with E-state index in [1.165, 1.54) is 7.11 Å². The maximum atomic E-state index is 12.9. The van der Waals surface area contributed by atoms with Crippen LogP contribution in [0.5, 0.6) is 0 Å². The number of hydrogen-bond acceptors (Lipinski definition) is 5. The summed E-state index contributed by atoms with van der Waals surface area (Å²) < 4.78 is 11.1. The van der Waals surface area contributed by atoms with E-state index in [4.69, 9.17) is 15.2 Å². The van der Waals surface area contributed by atoms with E-state index in [0.29, 0.717) is 18.8 Å². The van der Waals surface area contributed by atoms with Crippen LogP contribution < -0.4 is 5.73 Å². The highest BCUT2D eigenvalue weighted by Gasteiger charge is 2.38. The Hall–Kier alpha value is -2.51. The molecular formula is C18H21N3O4. The lowest BCUT2D eigenvalue weighted by atomic mass is 9.99. The molecule has 1 aliphatic rings. The first-order chi connectivity index (χ1) is 12.0. The number of para-hydroxylation sites is 1. The van der Waals surface area contributed by atoms with E-state index in [-0.39, 0.29) is 25.5 Å². The maximum absolute atomic E-state index is 12.9. The standard InChI is InChI=1S/C18H21N3O4/c1-24-18(10-16(19)22)11-21(8-9-25-12-18)17(23)15-7-6-13-4-2-3-5-14(13)20-15/h2-7H,8-12H2,1H3,(H2,19,22)/t18-/m1/s1. The number of hydrogen-bond donors (Lipinski definition) is 1. The van der Waals surface area contributed by atoms with Crippen LogP contribution in [0.25, 0.3) is 10.9 Å². The molecule has 0 aliphatic carbocycles. The van der Waals surface area contributed by atoms with Crippen LogP contribution in [0.2, 0.25) is 0 Å². The minimum absolute atomic E-state index is 0.0154. The Bertz CT molecular complexity index is 795. The van der Waals surface area contributed by atoms with Crippen LogP contribution in [0.15, 0.2) is 36.4 Å². The Morgan fingerprint density at radius 3 is 2.88 bits per heavy atom. The van der Waals surface area contributed by atoms with Gasteiger partial charge >= 0.3 is 0 Å². The molecule has 2 heterocycles. The van der Waals surface area contributed by atoms with Gasteiger partial charge in [-0.3, -0.25) is 9.59 Å². The first-order valence-electron chi connectivity index (χ1n) is 8.09. The summed E-state index contributed by atoms with van der Waals surface area (Å²) >= 11 is 0. The van der Waals surface area contributed by atoms with Crippen molar-refractivity contribution in [2.45, 2.75) is 12.0 Å². The van der Waals surface area contributed by atoms with Crippen molar-refractivity contribution in [2.24, 2.45) is 5.73 Å². The van der Waals surface area contributed by atoms with Crippen LogP contribution in [0, 0.1) is 0 Å². The van der Waals surface area contributed by atoms with Crippen molar-refractivity contribution in [3.05, 3.63) is 42.1 Å². The second-order valence-electron chi connectivity index (χ2n) is 6.20. The van der Waals surface area contributed by atoms with Gasteiger partial charge in [-0.05, 0) is 12.1 Å². The minimum Gasteiger partial charge on any atom is -0.377 e. The van der Waals surface area contributed by atoms with E-state index in [9.17, 15) is 9.59 Å². The van der Waals surface area contributed by atoms with Gasteiger partial charge in [0.05, 0.1) is 31.7 Å². The van der Waals surface area contributed by atoms with Gasteiger partial charge in [0, 0.05) is 19.0 Å². The summed E-state index contributed by atoms with van der Waals surface area (Å²) in [5, 5.41) is 0.971. The highest BCUT2D eigenvalue weighted by Crippen LogP contribution is 2.22. The lowest BCUT2D eigenvalue weighted by Gasteiger charge is -2.33. The number of nitrogens with zero attached hydrogens (tertiary/aromatic N) is 2. The number of nitrogens with two attached hydrogens (primary N) is 1. The van der Waals surface area contributed by atoms with Crippen molar-refractivity contribution in [2.75, 3.05) is 33.4 Å². The average molecular weight is 343 g/mol. The normalized spacial score (nSPS) is 21.1. The fourth-order valence-corrected chi connectivity index (χ4v) is 3.05. The number of aromatic nitrogens is 1. The molecule has 1 aliphatic heterocycles. The van der Waals surface area contributed by atoms with E-state index in [2.05, 4.69) is 4.98 Å². The maximum Gasteiger partial charge on any atom is 0.272 e. The van der Waals surface area contributed by atoms with Crippen LogP contribution in [0.1, 0.15) is 16.9 Å². The molecule has 132 valence electrons. The van der Waals surface area contributed by atoms with Crippen molar-refractivity contribution in [1.82, 2.24) is 9.88 Å². The third kappa shape index (κ3) is 3.78. The predicted octanol–water partition coefficient (Wildman–Crippen LogP) is 0.968. The second-order valence-corrected chi connectivity index (χ2v) is 6.20. The van der Waals surface area contributed by atoms with Crippen LogP contribution >= 0.6 is 0 Å². The smallest absolute Gasteiger partial charge is 0.272 e. The number of fused-ring (bicyclic) bond motifs is 1. The van der Waals surface area contributed by atoms with Crippen LogP contribution in [-0.2, 0) is 14.3 Å². The van der Waals surface area contributed by atoms with E-state index in [1.54, 1.807) is 11.0 Å². The van der Waals surface area contributed by atoms with Crippen LogP contribution in [-0.4, -0.2) is 60.7 Å². The van der Waals surface area contributed by atoms with Gasteiger partial charge < -0.3 is 20.1 Å². The molecule has 1 aromatic carbocycles. The SMILES string of the molecule is CO[C@@]1(CC(N)=O)COCCN(C(=O)c2ccc3ccccc3n2)C1. The number of benzene rings is 1. The number of pyridine rings is 1. The quantitative estimate of drug-likeness (QED) is 0.892. The van der Waals surface area contributed by atoms with Gasteiger partial charge in [0.2, 0.25) is 5.91 Å². The molecule has 1 saturated heterocycles. The summed E-state index contributed by atoms with van der Waals surface area (Å²) in [6.45, 7) is 1.20. The van der Waals surface area contributed by atoms with Gasteiger partial charge in [-0.1, -0.05) is 24.3 Å². The largest absolute Gasteiger partial charge is 0.377 e. The molecule has 25 heavy (non-hydrogen) atoms. The summed E-state index contributed by atoms with van der Waals surface area (Å²) in [4.78, 5) is 30.4. The summed E-state index contributed by atoms with van der Waals surface area (Å²) in [5.74, 6) is -0.717. The Kier molecular flexibility index (Phi) is 4.96. The third-order valence-electron chi connectivity index (χ3n) is 4.38. The van der Waals surface area contributed by atoms with Gasteiger partial charge in [-0.25, -0.2) is 4.98 Å². The summed E-state index contributed by atoms with van der Waals surface area (Å²) in [6.07, 6.45) is -0.0154. The predicted molar refractivity (Wildman–Crippen MR) is 92.0 cm³/mol. The molecule has 7 nitrogen and oxygen atoms in total. The highest BCUT2D eigenvalue weighted by atomic mass is 16.5. The lowest BCUT2D eigenvalue weighted by Crippen LogP contribution is -2.50. The second kappa shape index (κ2) is 7.16. The molecule has 0 saturated carbocycles. The van der Waals surface area contributed by atoms with Gasteiger partial charge in [0.25, 0.3) is 5.91 Å². The monoisotopic (exact) mass is 343 g/mol. The molecular weight excluding hydrogens is 322 g/mol. The number of primary amides is 1. The van der Waals surface area contributed by atoms with Crippen molar-refractivity contribution in [3.8, 4) is 0 Å². The van der Waals surface area contributed by atoms with Crippen molar-refractivity contribution < 1.29 is 19.1 Å². The van der Waals surface area contributed by atoms with Gasteiger partial charge in [-0.2, -0.15) is 0 Å². The summed E-state index contributed by atoms with van der Waals surface area (Å²) in [7, 11) is 1.49. The molecule has 0 unspecified atom stereocenters. The molecule has 1 fully saturated rings. The molecule has 0 radical (unpaired) electrons. The number of ether oxygens (including phenoxy) is 2. The number of carbonyl (C=O) groups excluding carboxylic acids is 2. The van der Waals surface area contributed by atoms with E-state index >= 15 is 0 Å². The Morgan fingerprint density at radius 2 is 2.12 bits per heavy atom. The number of rotatable bonds is 4. The first kappa shape index (κ1) is 17.3. The number of amides is 2. The van der Waals surface area contributed by atoms with Crippen LogP contribution in [0.3, 0.4) is 0 Å². The van der Waals surface area contributed by atoms with Gasteiger partial charge in [0.1, 0.15) is 11.3 Å². The van der Waals surface area contributed by atoms with Crippen molar-refractivity contribution in [1.29, 1.82) is 0 Å². The van der Waals surface area contributed by atoms with E-state index in [0.717, 1.165) is 10.9 Å². The number of carbonyl (C=O) groups is 2. The van der Waals surface area contributed by atoms with Gasteiger partial charge in [-0.15, -0.1) is 0 Å². The first-order valence-corrected chi connectivity index (χ1v) is 8.09. The van der Waals surface area contributed by atoms with E-state index < -0.39 is 11.5 Å². The molecule has 1 atom stereocenters. The van der Waals surface area contributed by atoms with Crippen molar-refractivity contribution in [3.63, 3.8) is 0 Å². The lowest BCUT2D eigenvalue weighted by molar-refractivity contribution is -0.129. The molecule has 1 aromatic heterocycles. The molecule has 2 N–H and O–H groups in total. The Labute approximate surface area is 145 Å². The Balaban J connectivity index is 1.87. The zero-order valence-electron chi connectivity index (χ0n) is 14.1. The topological polar surface area (TPSA) is 94.7 Å². The van der Waals surface area contributed by atoms with Crippen LogP contribution in [0.4, 0.5) is 0 Å². The molecule has 2 aromatic rings. The zero-order valence-corrected chi connectivity index (χ0v) is 14.1.